The lowest BCUT2D eigenvalue weighted by molar-refractivity contribution is 0.969. The normalized spacial score (nSPS) is 11.3. The van der Waals surface area contributed by atoms with Crippen molar-refractivity contribution in [3.63, 3.8) is 0 Å². The molecule has 2 N–H and O–H groups in total. The zero-order valence-corrected chi connectivity index (χ0v) is 13.1. The Morgan fingerprint density at radius 1 is 0.682 bits per heavy atom. The molecule has 3 aromatic carbocycles. The van der Waals surface area contributed by atoms with E-state index in [2.05, 4.69) is 72.8 Å². The summed E-state index contributed by atoms with van der Waals surface area (Å²) < 4.78 is 2.88. The first-order chi connectivity index (χ1) is 10.9. The predicted molar refractivity (Wildman–Crippen MR) is 98.0 cm³/mol. The van der Waals surface area contributed by atoms with Crippen molar-refractivity contribution in [3.05, 3.63) is 78.4 Å². The minimum Gasteiger partial charge on any atom is -0.330 e. The van der Waals surface area contributed by atoms with Gasteiger partial charge in [-0.3, -0.25) is 0 Å². The Hall–Kier alpha value is -2.16. The van der Waals surface area contributed by atoms with Gasteiger partial charge in [0.1, 0.15) is 0 Å². The third-order valence-electron chi connectivity index (χ3n) is 4.10. The van der Waals surface area contributed by atoms with Crippen molar-refractivity contribution in [2.24, 2.45) is 5.73 Å². The van der Waals surface area contributed by atoms with Crippen LogP contribution < -0.4 is 5.73 Å². The number of hydrogen-bond acceptors (Lipinski definition) is 1. The van der Waals surface area contributed by atoms with Gasteiger partial charge in [-0.05, 0) is 54.9 Å². The molecule has 0 aliphatic carbocycles. The molecule has 4 rings (SSSR count). The lowest BCUT2D eigenvalue weighted by Crippen LogP contribution is -2.02. The zero-order valence-electron chi connectivity index (χ0n) is 12.3. The van der Waals surface area contributed by atoms with Crippen LogP contribution in [0.2, 0.25) is 0 Å². The fraction of sp³-hybridized carbons (Fsp3) is 0.100. The molecule has 0 aliphatic heterocycles. The Morgan fingerprint density at radius 2 is 1.23 bits per heavy atom. The minimum absolute atomic E-state index is 0.0160. The second-order valence-electron chi connectivity index (χ2n) is 5.48. The zero-order chi connectivity index (χ0) is 14.9. The molecule has 1 heterocycles. The maximum atomic E-state index is 5.65. The molecule has 0 saturated carbocycles. The quantitative estimate of drug-likeness (QED) is 0.515. The summed E-state index contributed by atoms with van der Waals surface area (Å²) >= 11 is 0. The second-order valence-corrected chi connectivity index (χ2v) is 7.44. The first-order valence-electron chi connectivity index (χ1n) is 7.60. The van der Waals surface area contributed by atoms with Crippen LogP contribution in [0, 0.1) is 0 Å². The Morgan fingerprint density at radius 3 is 1.77 bits per heavy atom. The highest BCUT2D eigenvalue weighted by atomic mass is 32.2. The fourth-order valence-electron chi connectivity index (χ4n) is 3.07. The van der Waals surface area contributed by atoms with Crippen molar-refractivity contribution in [2.75, 3.05) is 6.54 Å². The van der Waals surface area contributed by atoms with Gasteiger partial charge < -0.3 is 5.73 Å². The first kappa shape index (κ1) is 13.5. The molecule has 0 unspecified atom stereocenters. The fourth-order valence-corrected chi connectivity index (χ4v) is 5.44. The molecule has 1 nitrogen and oxygen atoms in total. The van der Waals surface area contributed by atoms with E-state index in [0.717, 1.165) is 6.42 Å². The molecule has 0 saturated heterocycles. The van der Waals surface area contributed by atoms with Gasteiger partial charge in [-0.1, -0.05) is 36.4 Å². The van der Waals surface area contributed by atoms with E-state index in [1.54, 1.807) is 0 Å². The van der Waals surface area contributed by atoms with Gasteiger partial charge in [-0.25, -0.2) is 0 Å². The number of nitrogens with two attached hydrogens (primary N) is 1. The van der Waals surface area contributed by atoms with E-state index in [1.807, 2.05) is 0 Å². The van der Waals surface area contributed by atoms with Crippen LogP contribution in [0.5, 0.6) is 0 Å². The van der Waals surface area contributed by atoms with E-state index in [-0.39, 0.29) is 10.5 Å². The van der Waals surface area contributed by atoms with Gasteiger partial charge in [0.2, 0.25) is 0 Å². The molecule has 1 aromatic heterocycles. The van der Waals surface area contributed by atoms with Gasteiger partial charge in [0, 0.05) is 21.2 Å². The lowest BCUT2D eigenvalue weighted by Gasteiger charge is -1.98. The molecular weight excluding hydrogens is 286 g/mol. The second kappa shape index (κ2) is 5.56. The summed E-state index contributed by atoms with van der Waals surface area (Å²) in [6, 6.07) is 26.6. The van der Waals surface area contributed by atoms with E-state index >= 15 is 0 Å². The van der Waals surface area contributed by atoms with Crippen LogP contribution in [0.1, 0.15) is 5.56 Å². The minimum atomic E-state index is 0.0160. The van der Waals surface area contributed by atoms with Crippen LogP contribution in [-0.4, -0.2) is 6.54 Å². The molecular formula is C20H18NS+. The number of rotatable bonds is 3. The molecule has 0 bridgehead atoms. The largest absolute Gasteiger partial charge is 0.330 e. The Kier molecular flexibility index (Phi) is 3.41. The van der Waals surface area contributed by atoms with Crippen molar-refractivity contribution >= 4 is 30.6 Å². The smallest absolute Gasteiger partial charge is 0.187 e. The molecule has 2 heteroatoms. The van der Waals surface area contributed by atoms with E-state index in [0.29, 0.717) is 6.54 Å². The monoisotopic (exact) mass is 304 g/mol. The summed E-state index contributed by atoms with van der Waals surface area (Å²) in [5, 5.41) is 2.76. The Balaban J connectivity index is 1.99. The molecule has 0 fully saturated rings. The van der Waals surface area contributed by atoms with E-state index in [9.17, 15) is 0 Å². The van der Waals surface area contributed by atoms with Crippen LogP contribution in [0.3, 0.4) is 0 Å². The predicted octanol–water partition coefficient (Wildman–Crippen LogP) is 5.23. The van der Waals surface area contributed by atoms with Gasteiger partial charge in [0.25, 0.3) is 0 Å². The van der Waals surface area contributed by atoms with Gasteiger partial charge in [-0.15, -0.1) is 0 Å². The number of thiophene rings is 1. The lowest BCUT2D eigenvalue weighted by atomic mass is 10.2. The number of benzene rings is 3. The van der Waals surface area contributed by atoms with Crippen molar-refractivity contribution in [3.8, 4) is 4.90 Å². The SMILES string of the molecule is NCCc1ccc(-[s+]2c3ccccc3c3ccccc32)cc1. The molecule has 22 heavy (non-hydrogen) atoms. The summed E-state index contributed by atoms with van der Waals surface area (Å²) in [6.45, 7) is 0.705. The highest BCUT2D eigenvalue weighted by Gasteiger charge is 2.22. The molecule has 0 amide bonds. The third-order valence-corrected chi connectivity index (χ3v) is 6.43. The van der Waals surface area contributed by atoms with Crippen molar-refractivity contribution < 1.29 is 0 Å². The molecule has 0 radical (unpaired) electrons. The van der Waals surface area contributed by atoms with Crippen LogP contribution in [0.25, 0.3) is 25.1 Å². The Labute approximate surface area is 133 Å². The summed E-state index contributed by atoms with van der Waals surface area (Å²) in [5.41, 5.74) is 6.96. The topological polar surface area (TPSA) is 26.0 Å². The molecule has 0 aliphatic rings. The van der Waals surface area contributed by atoms with Crippen molar-refractivity contribution in [1.29, 1.82) is 0 Å². The highest BCUT2D eigenvalue weighted by Crippen LogP contribution is 2.47. The molecule has 4 aromatic rings. The number of hydrogen-bond donors (Lipinski definition) is 1. The average Bonchev–Trinajstić information content (AvgIpc) is 2.91. The van der Waals surface area contributed by atoms with Crippen molar-refractivity contribution in [2.45, 2.75) is 6.42 Å². The molecule has 0 atom stereocenters. The van der Waals surface area contributed by atoms with Crippen molar-refractivity contribution in [1.82, 2.24) is 0 Å². The molecule has 0 spiro atoms. The van der Waals surface area contributed by atoms with E-state index in [1.165, 1.54) is 30.6 Å². The standard InChI is InChI=1S/C20H18NS/c21-14-13-15-9-11-16(12-10-15)22-19-7-3-1-5-17(19)18-6-2-4-8-20(18)22/h1-12H,13-14,21H2/q+1. The maximum Gasteiger partial charge on any atom is 0.187 e. The maximum absolute atomic E-state index is 5.65. The highest BCUT2D eigenvalue weighted by molar-refractivity contribution is 7.50. The van der Waals surface area contributed by atoms with E-state index < -0.39 is 0 Å². The van der Waals surface area contributed by atoms with Gasteiger partial charge >= 0.3 is 0 Å². The Bertz CT molecular complexity index is 882. The third kappa shape index (κ3) is 2.12. The summed E-state index contributed by atoms with van der Waals surface area (Å²) in [4.78, 5) is 1.39. The van der Waals surface area contributed by atoms with Crippen LogP contribution in [-0.2, 0) is 6.42 Å². The molecule has 108 valence electrons. The van der Waals surface area contributed by atoms with Crippen LogP contribution in [0.4, 0.5) is 0 Å². The first-order valence-corrected chi connectivity index (χ1v) is 8.82. The van der Waals surface area contributed by atoms with Gasteiger partial charge in [-0.2, -0.15) is 0 Å². The summed E-state index contributed by atoms with van der Waals surface area (Å²) in [5.74, 6) is 0. The van der Waals surface area contributed by atoms with Crippen LogP contribution in [0.15, 0.2) is 72.8 Å². The van der Waals surface area contributed by atoms with Crippen LogP contribution >= 0.6 is 10.5 Å². The number of fused-ring (bicyclic) bond motifs is 3. The average molecular weight is 304 g/mol. The summed E-state index contributed by atoms with van der Waals surface area (Å²) in [6.07, 6.45) is 0.946. The van der Waals surface area contributed by atoms with Gasteiger partial charge in [0.05, 0.1) is 0 Å². The van der Waals surface area contributed by atoms with E-state index in [4.69, 9.17) is 5.73 Å². The van der Waals surface area contributed by atoms with Gasteiger partial charge in [0.15, 0.2) is 14.3 Å². The summed E-state index contributed by atoms with van der Waals surface area (Å²) in [7, 11) is 0.0160.